The second kappa shape index (κ2) is 6.22. The maximum Gasteiger partial charge on any atom is 0.134 e. The first-order valence-corrected chi connectivity index (χ1v) is 7.38. The van der Waals surface area contributed by atoms with Crippen LogP contribution in [-0.2, 0) is 6.42 Å². The summed E-state index contributed by atoms with van der Waals surface area (Å²) in [5.74, 6) is 0.981. The van der Waals surface area contributed by atoms with Crippen LogP contribution in [0.25, 0.3) is 0 Å². The topological polar surface area (TPSA) is 21.3 Å². The van der Waals surface area contributed by atoms with Crippen LogP contribution in [0.3, 0.4) is 0 Å². The van der Waals surface area contributed by atoms with Crippen molar-refractivity contribution in [1.29, 1.82) is 0 Å². The van der Waals surface area contributed by atoms with Gasteiger partial charge in [-0.2, -0.15) is 0 Å². The van der Waals surface area contributed by atoms with Gasteiger partial charge in [-0.3, -0.25) is 0 Å². The molecule has 0 radical (unpaired) electrons. The number of hydrogen-bond donors (Lipinski definition) is 1. The molecule has 0 aliphatic heterocycles. The molecule has 0 spiro atoms. The average Bonchev–Trinajstić information content (AvgIpc) is 2.88. The summed E-state index contributed by atoms with van der Waals surface area (Å²) < 4.78 is 5.43. The number of methoxy groups -OCH3 is 1. The molecule has 0 saturated heterocycles. The number of benzene rings is 1. The van der Waals surface area contributed by atoms with Crippen LogP contribution >= 0.6 is 11.3 Å². The molecule has 1 N–H and O–H groups in total. The lowest BCUT2D eigenvalue weighted by atomic mass is 9.98. The summed E-state index contributed by atoms with van der Waals surface area (Å²) in [6, 6.07) is 8.98. The third-order valence-electron chi connectivity index (χ3n) is 3.47. The fraction of sp³-hybridized carbons (Fsp3) is 0.375. The highest BCUT2D eigenvalue weighted by Gasteiger charge is 2.17. The number of hydrogen-bond acceptors (Lipinski definition) is 3. The van der Waals surface area contributed by atoms with E-state index in [9.17, 15) is 0 Å². The van der Waals surface area contributed by atoms with E-state index >= 15 is 0 Å². The van der Waals surface area contributed by atoms with Crippen molar-refractivity contribution in [3.63, 3.8) is 0 Å². The number of aryl methyl sites for hydroxylation is 2. The fourth-order valence-corrected chi connectivity index (χ4v) is 3.27. The van der Waals surface area contributed by atoms with Crippen molar-refractivity contribution in [2.75, 3.05) is 14.2 Å². The van der Waals surface area contributed by atoms with Crippen molar-refractivity contribution in [3.05, 3.63) is 51.2 Å². The van der Waals surface area contributed by atoms with Crippen molar-refractivity contribution < 1.29 is 4.74 Å². The van der Waals surface area contributed by atoms with Crippen LogP contribution in [0.15, 0.2) is 29.6 Å². The molecule has 1 atom stereocenters. The molecular formula is C16H21NOS. The van der Waals surface area contributed by atoms with Crippen LogP contribution in [0.5, 0.6) is 5.75 Å². The Hall–Kier alpha value is -1.32. The molecule has 0 saturated carbocycles. The molecule has 0 aliphatic rings. The molecular weight excluding hydrogens is 254 g/mol. The Labute approximate surface area is 119 Å². The van der Waals surface area contributed by atoms with Gasteiger partial charge < -0.3 is 10.1 Å². The quantitative estimate of drug-likeness (QED) is 0.894. The van der Waals surface area contributed by atoms with Gasteiger partial charge in [0, 0.05) is 6.04 Å². The molecule has 1 unspecified atom stereocenters. The minimum absolute atomic E-state index is 0.301. The van der Waals surface area contributed by atoms with Gasteiger partial charge in [0.05, 0.1) is 12.0 Å². The minimum Gasteiger partial charge on any atom is -0.496 e. The largest absolute Gasteiger partial charge is 0.496 e. The van der Waals surface area contributed by atoms with Gasteiger partial charge in [0.25, 0.3) is 0 Å². The summed E-state index contributed by atoms with van der Waals surface area (Å²) in [5.41, 5.74) is 4.06. The Morgan fingerprint density at radius 3 is 2.74 bits per heavy atom. The smallest absolute Gasteiger partial charge is 0.134 e. The zero-order valence-electron chi connectivity index (χ0n) is 12.0. The Kier molecular flexibility index (Phi) is 4.61. The van der Waals surface area contributed by atoms with Gasteiger partial charge in [0.1, 0.15) is 5.75 Å². The molecule has 2 nitrogen and oxygen atoms in total. The van der Waals surface area contributed by atoms with Crippen molar-refractivity contribution in [2.45, 2.75) is 26.3 Å². The third kappa shape index (κ3) is 3.17. The molecule has 19 heavy (non-hydrogen) atoms. The lowest BCUT2D eigenvalue weighted by Gasteiger charge is -2.18. The molecule has 102 valence electrons. The van der Waals surface area contributed by atoms with E-state index in [0.717, 1.165) is 12.2 Å². The summed E-state index contributed by atoms with van der Waals surface area (Å²) >= 11 is 1.75. The van der Waals surface area contributed by atoms with Gasteiger partial charge in [-0.25, -0.2) is 0 Å². The highest BCUT2D eigenvalue weighted by Crippen LogP contribution is 2.33. The number of likely N-dealkylation sites (N-methyl/N-ethyl adjacent to an activating group) is 1. The second-order valence-corrected chi connectivity index (χ2v) is 5.78. The SMILES string of the molecule is CNC(Cc1cc(C)ccc1C)c1sccc1OC. The first-order valence-electron chi connectivity index (χ1n) is 6.50. The van der Waals surface area contributed by atoms with E-state index in [1.54, 1.807) is 18.4 Å². The molecule has 0 amide bonds. The highest BCUT2D eigenvalue weighted by atomic mass is 32.1. The predicted octanol–water partition coefficient (Wildman–Crippen LogP) is 3.88. The maximum absolute atomic E-state index is 5.43. The van der Waals surface area contributed by atoms with Gasteiger partial charge in [0.2, 0.25) is 0 Å². The van der Waals surface area contributed by atoms with Crippen molar-refractivity contribution in [1.82, 2.24) is 5.32 Å². The van der Waals surface area contributed by atoms with Gasteiger partial charge in [-0.05, 0) is 49.9 Å². The van der Waals surface area contributed by atoms with Gasteiger partial charge in [0.15, 0.2) is 0 Å². The summed E-state index contributed by atoms with van der Waals surface area (Å²) in [6.45, 7) is 4.32. The average molecular weight is 275 g/mol. The van der Waals surface area contributed by atoms with Crippen LogP contribution in [0, 0.1) is 13.8 Å². The highest BCUT2D eigenvalue weighted by molar-refractivity contribution is 7.10. The number of nitrogens with one attached hydrogen (secondary N) is 1. The zero-order chi connectivity index (χ0) is 13.8. The third-order valence-corrected chi connectivity index (χ3v) is 4.48. The Morgan fingerprint density at radius 2 is 2.05 bits per heavy atom. The summed E-state index contributed by atoms with van der Waals surface area (Å²) in [5, 5.41) is 5.49. The number of rotatable bonds is 5. The molecule has 2 rings (SSSR count). The van der Waals surface area contributed by atoms with Gasteiger partial charge >= 0.3 is 0 Å². The standard InChI is InChI=1S/C16H21NOS/c1-11-5-6-12(2)13(9-11)10-14(17-3)16-15(18-4)7-8-19-16/h5-9,14,17H,10H2,1-4H3. The Bertz CT molecular complexity index is 547. The Morgan fingerprint density at radius 1 is 1.26 bits per heavy atom. The van der Waals surface area contributed by atoms with Crippen LogP contribution in [0.4, 0.5) is 0 Å². The Balaban J connectivity index is 2.26. The van der Waals surface area contributed by atoms with Crippen molar-refractivity contribution in [3.8, 4) is 5.75 Å². The van der Waals surface area contributed by atoms with E-state index in [2.05, 4.69) is 42.7 Å². The summed E-state index contributed by atoms with van der Waals surface area (Å²) in [7, 11) is 3.74. The summed E-state index contributed by atoms with van der Waals surface area (Å²) in [4.78, 5) is 1.27. The van der Waals surface area contributed by atoms with Gasteiger partial charge in [-0.15, -0.1) is 11.3 Å². The maximum atomic E-state index is 5.43. The van der Waals surface area contributed by atoms with Crippen molar-refractivity contribution >= 4 is 11.3 Å². The van der Waals surface area contributed by atoms with Crippen LogP contribution < -0.4 is 10.1 Å². The summed E-state index contributed by atoms with van der Waals surface area (Å²) in [6.07, 6.45) is 0.987. The molecule has 1 aromatic carbocycles. The van der Waals surface area contributed by atoms with Gasteiger partial charge in [-0.1, -0.05) is 23.8 Å². The fourth-order valence-electron chi connectivity index (χ4n) is 2.30. The zero-order valence-corrected chi connectivity index (χ0v) is 12.8. The predicted molar refractivity (Wildman–Crippen MR) is 82.3 cm³/mol. The van der Waals surface area contributed by atoms with E-state index < -0.39 is 0 Å². The second-order valence-electron chi connectivity index (χ2n) is 4.83. The molecule has 3 heteroatoms. The molecule has 1 heterocycles. The molecule has 1 aromatic heterocycles. The normalized spacial score (nSPS) is 12.4. The number of thiophene rings is 1. The van der Waals surface area contributed by atoms with Crippen LogP contribution in [0.1, 0.15) is 27.6 Å². The van der Waals surface area contributed by atoms with Crippen LogP contribution in [-0.4, -0.2) is 14.2 Å². The number of ether oxygens (including phenoxy) is 1. The monoisotopic (exact) mass is 275 g/mol. The van der Waals surface area contributed by atoms with E-state index in [1.165, 1.54) is 21.6 Å². The van der Waals surface area contributed by atoms with E-state index in [-0.39, 0.29) is 0 Å². The minimum atomic E-state index is 0.301. The van der Waals surface area contributed by atoms with E-state index in [0.29, 0.717) is 6.04 Å². The molecule has 0 aliphatic carbocycles. The van der Waals surface area contributed by atoms with Crippen molar-refractivity contribution in [2.24, 2.45) is 0 Å². The molecule has 2 aromatic rings. The molecule has 0 bridgehead atoms. The lowest BCUT2D eigenvalue weighted by Crippen LogP contribution is -2.18. The van der Waals surface area contributed by atoms with Crippen LogP contribution in [0.2, 0.25) is 0 Å². The van der Waals surface area contributed by atoms with E-state index in [4.69, 9.17) is 4.74 Å². The lowest BCUT2D eigenvalue weighted by molar-refractivity contribution is 0.405. The van der Waals surface area contributed by atoms with E-state index in [1.807, 2.05) is 13.1 Å². The first kappa shape index (κ1) is 14.1. The molecule has 0 fully saturated rings. The first-order chi connectivity index (χ1) is 9.15.